The van der Waals surface area contributed by atoms with Crippen LogP contribution in [-0.2, 0) is 23.1 Å². The maximum atomic E-state index is 12.9. The SMILES string of the molecule is CC1CNN2NCN(Cc3nc([C@@H]4CO[C@@H](c5ccc6cnn(C)c6c5)C4)no3)C(=O)C12. The van der Waals surface area contributed by atoms with Gasteiger partial charge in [-0.05, 0) is 24.0 Å². The zero-order valence-electron chi connectivity index (χ0n) is 18.1. The lowest BCUT2D eigenvalue weighted by Gasteiger charge is -2.37. The van der Waals surface area contributed by atoms with Gasteiger partial charge in [-0.3, -0.25) is 9.48 Å². The van der Waals surface area contributed by atoms with Crippen LogP contribution in [0.1, 0.15) is 42.6 Å². The van der Waals surface area contributed by atoms with Crippen LogP contribution in [-0.4, -0.2) is 61.7 Å². The molecule has 0 saturated carbocycles. The number of rotatable bonds is 4. The van der Waals surface area contributed by atoms with Crippen molar-refractivity contribution in [1.29, 1.82) is 0 Å². The Labute approximate surface area is 184 Å². The molecule has 2 N–H and O–H groups in total. The molecule has 11 heteroatoms. The molecule has 3 aliphatic rings. The number of amides is 1. The first-order valence-electron chi connectivity index (χ1n) is 11.0. The van der Waals surface area contributed by atoms with Crippen molar-refractivity contribution < 1.29 is 14.1 Å². The van der Waals surface area contributed by atoms with E-state index >= 15 is 0 Å². The highest BCUT2D eigenvalue weighted by Crippen LogP contribution is 2.38. The Morgan fingerprint density at radius 1 is 1.28 bits per heavy atom. The third-order valence-electron chi connectivity index (χ3n) is 6.71. The van der Waals surface area contributed by atoms with E-state index in [1.165, 1.54) is 0 Å². The van der Waals surface area contributed by atoms with E-state index in [-0.39, 0.29) is 29.9 Å². The highest BCUT2D eigenvalue weighted by Gasteiger charge is 2.43. The summed E-state index contributed by atoms with van der Waals surface area (Å²) in [5.41, 5.74) is 8.63. The summed E-state index contributed by atoms with van der Waals surface area (Å²) >= 11 is 0. The molecule has 0 spiro atoms. The summed E-state index contributed by atoms with van der Waals surface area (Å²) in [5, 5.41) is 11.4. The minimum Gasteiger partial charge on any atom is -0.373 e. The molecule has 5 heterocycles. The van der Waals surface area contributed by atoms with E-state index in [0.29, 0.717) is 31.5 Å². The lowest BCUT2D eigenvalue weighted by molar-refractivity contribution is -0.149. The number of benzene rings is 1. The Bertz CT molecular complexity index is 1160. The van der Waals surface area contributed by atoms with Crippen LogP contribution in [0.15, 0.2) is 28.9 Å². The molecule has 32 heavy (non-hydrogen) atoms. The van der Waals surface area contributed by atoms with Gasteiger partial charge >= 0.3 is 0 Å². The van der Waals surface area contributed by atoms with Crippen molar-refractivity contribution in [2.24, 2.45) is 13.0 Å². The summed E-state index contributed by atoms with van der Waals surface area (Å²) < 4.78 is 13.4. The fourth-order valence-corrected chi connectivity index (χ4v) is 4.84. The van der Waals surface area contributed by atoms with Crippen LogP contribution in [0.5, 0.6) is 0 Å². The minimum absolute atomic E-state index is 0.0172. The number of nitrogens with one attached hydrogen (secondary N) is 2. The van der Waals surface area contributed by atoms with E-state index in [1.54, 1.807) is 4.90 Å². The number of hydrogen-bond donors (Lipinski definition) is 2. The molecule has 4 atom stereocenters. The molecule has 2 unspecified atom stereocenters. The van der Waals surface area contributed by atoms with E-state index in [1.807, 2.05) is 23.0 Å². The van der Waals surface area contributed by atoms with Gasteiger partial charge in [-0.15, -0.1) is 0 Å². The standard InChI is InChI=1S/C21H26N8O3/c1-12-7-23-29-19(12)21(30)28(11-24-29)9-18-25-20(26-32-18)15-6-17(31-10-15)13-3-4-14-8-22-27(2)16(14)5-13/h3-5,8,12,15,17,19,23-24H,6-7,9-11H2,1-2H3/t12?,15-,17+,19?/m0/s1. The van der Waals surface area contributed by atoms with Gasteiger partial charge in [-0.1, -0.05) is 24.2 Å². The van der Waals surface area contributed by atoms with Gasteiger partial charge in [0.05, 0.1) is 31.1 Å². The Morgan fingerprint density at radius 2 is 2.19 bits per heavy atom. The van der Waals surface area contributed by atoms with Crippen molar-refractivity contribution in [3.05, 3.63) is 41.7 Å². The fraction of sp³-hybridized carbons (Fsp3) is 0.524. The number of carbonyl (C=O) groups is 1. The van der Waals surface area contributed by atoms with Crippen molar-refractivity contribution in [3.63, 3.8) is 0 Å². The molecule has 6 rings (SSSR count). The van der Waals surface area contributed by atoms with Crippen LogP contribution in [0, 0.1) is 5.92 Å². The Balaban J connectivity index is 1.12. The topological polar surface area (TPSA) is 114 Å². The summed E-state index contributed by atoms with van der Waals surface area (Å²) in [6, 6.07) is 6.09. The number of hydrazine groups is 2. The van der Waals surface area contributed by atoms with Crippen LogP contribution < -0.4 is 10.9 Å². The van der Waals surface area contributed by atoms with Crippen LogP contribution >= 0.6 is 0 Å². The van der Waals surface area contributed by atoms with Gasteiger partial charge in [0.15, 0.2) is 5.82 Å². The minimum atomic E-state index is -0.216. The molecule has 1 aromatic carbocycles. The molecule has 3 saturated heterocycles. The third-order valence-corrected chi connectivity index (χ3v) is 6.71. The van der Waals surface area contributed by atoms with Crippen LogP contribution in [0.25, 0.3) is 10.9 Å². The lowest BCUT2D eigenvalue weighted by Crippen LogP contribution is -2.63. The number of aromatic nitrogens is 4. The Hall–Kier alpha value is -2.86. The number of fused-ring (bicyclic) bond motifs is 2. The van der Waals surface area contributed by atoms with Crippen molar-refractivity contribution in [1.82, 2.24) is 40.8 Å². The molecular formula is C21H26N8O3. The van der Waals surface area contributed by atoms with Crippen molar-refractivity contribution in [3.8, 4) is 0 Å². The average Bonchev–Trinajstić information content (AvgIpc) is 3.58. The largest absolute Gasteiger partial charge is 0.373 e. The molecule has 1 amide bonds. The van der Waals surface area contributed by atoms with Crippen LogP contribution in [0.4, 0.5) is 0 Å². The fourth-order valence-electron chi connectivity index (χ4n) is 4.84. The molecular weight excluding hydrogens is 412 g/mol. The summed E-state index contributed by atoms with van der Waals surface area (Å²) in [7, 11) is 1.94. The number of ether oxygens (including phenoxy) is 1. The summed E-state index contributed by atoms with van der Waals surface area (Å²) in [5.74, 6) is 1.44. The van der Waals surface area contributed by atoms with Gasteiger partial charge in [-0.25, -0.2) is 10.9 Å². The number of hydrogen-bond acceptors (Lipinski definition) is 9. The molecule has 0 bridgehead atoms. The highest BCUT2D eigenvalue weighted by molar-refractivity contribution is 5.83. The molecule has 3 aliphatic heterocycles. The molecule has 0 aliphatic carbocycles. The summed E-state index contributed by atoms with van der Waals surface area (Å²) in [6.07, 6.45) is 2.63. The molecule has 3 aromatic rings. The second-order valence-electron chi connectivity index (χ2n) is 8.89. The first-order chi connectivity index (χ1) is 15.6. The molecule has 11 nitrogen and oxygen atoms in total. The molecule has 3 fully saturated rings. The predicted molar refractivity (Wildman–Crippen MR) is 112 cm³/mol. The Morgan fingerprint density at radius 3 is 3.09 bits per heavy atom. The van der Waals surface area contributed by atoms with Crippen molar-refractivity contribution in [2.45, 2.75) is 38.0 Å². The average molecular weight is 438 g/mol. The lowest BCUT2D eigenvalue weighted by atomic mass is 9.99. The highest BCUT2D eigenvalue weighted by atomic mass is 16.5. The van der Waals surface area contributed by atoms with Crippen LogP contribution in [0.3, 0.4) is 0 Å². The maximum absolute atomic E-state index is 12.9. The summed E-state index contributed by atoms with van der Waals surface area (Å²) in [4.78, 5) is 19.2. The number of carbonyl (C=O) groups excluding carboxylic acids is 1. The van der Waals surface area contributed by atoms with Gasteiger partial charge in [0, 0.05) is 24.9 Å². The number of nitrogens with zero attached hydrogens (tertiary/aromatic N) is 6. The van der Waals surface area contributed by atoms with E-state index in [2.05, 4.69) is 51.2 Å². The van der Waals surface area contributed by atoms with Gasteiger partial charge < -0.3 is 14.2 Å². The maximum Gasteiger partial charge on any atom is 0.246 e. The second kappa shape index (κ2) is 7.62. The molecule has 0 radical (unpaired) electrons. The van der Waals surface area contributed by atoms with E-state index in [0.717, 1.165) is 29.4 Å². The smallest absolute Gasteiger partial charge is 0.246 e. The van der Waals surface area contributed by atoms with Gasteiger partial charge in [-0.2, -0.15) is 15.2 Å². The molecule has 168 valence electrons. The van der Waals surface area contributed by atoms with Gasteiger partial charge in [0.2, 0.25) is 11.8 Å². The number of aryl methyl sites for hydroxylation is 1. The monoisotopic (exact) mass is 438 g/mol. The Kier molecular flexibility index (Phi) is 4.72. The summed E-state index contributed by atoms with van der Waals surface area (Å²) in [6.45, 7) is 4.08. The first kappa shape index (κ1) is 19.8. The van der Waals surface area contributed by atoms with E-state index in [4.69, 9.17) is 9.26 Å². The second-order valence-corrected chi connectivity index (χ2v) is 8.89. The molecule has 2 aromatic heterocycles. The quantitative estimate of drug-likeness (QED) is 0.611. The van der Waals surface area contributed by atoms with E-state index < -0.39 is 0 Å². The normalized spacial score (nSPS) is 28.7. The zero-order chi connectivity index (χ0) is 21.8. The van der Waals surface area contributed by atoms with E-state index in [9.17, 15) is 4.79 Å². The van der Waals surface area contributed by atoms with Crippen molar-refractivity contribution >= 4 is 16.8 Å². The third kappa shape index (κ3) is 3.28. The first-order valence-corrected chi connectivity index (χ1v) is 11.0. The predicted octanol–water partition coefficient (Wildman–Crippen LogP) is 0.831. The van der Waals surface area contributed by atoms with Gasteiger partial charge in [0.1, 0.15) is 12.6 Å². The van der Waals surface area contributed by atoms with Crippen molar-refractivity contribution in [2.75, 3.05) is 19.8 Å². The zero-order valence-corrected chi connectivity index (χ0v) is 18.1. The van der Waals surface area contributed by atoms with Crippen LogP contribution in [0.2, 0.25) is 0 Å². The van der Waals surface area contributed by atoms with Gasteiger partial charge in [0.25, 0.3) is 0 Å².